The van der Waals surface area contributed by atoms with Crippen molar-refractivity contribution in [1.82, 2.24) is 5.32 Å². The number of aryl methyl sites for hydroxylation is 1. The largest absolute Gasteiger partial charge is 0.467 e. The Morgan fingerprint density at radius 3 is 2.35 bits per heavy atom. The van der Waals surface area contributed by atoms with Crippen molar-refractivity contribution in [3.63, 3.8) is 0 Å². The van der Waals surface area contributed by atoms with Crippen LogP contribution in [0, 0.1) is 6.92 Å². The number of thiocarbonyl (C=S) groups is 1. The molecule has 0 fully saturated rings. The summed E-state index contributed by atoms with van der Waals surface area (Å²) in [7, 11) is 1.39. The summed E-state index contributed by atoms with van der Waals surface area (Å²) in [5, 5.41) is 3.14. The molecule has 0 aromatic heterocycles. The lowest BCUT2D eigenvalue weighted by molar-refractivity contribution is -0.142. The summed E-state index contributed by atoms with van der Waals surface area (Å²) in [6.45, 7) is 2.05. The highest BCUT2D eigenvalue weighted by atomic mass is 32.1. The molecule has 2 aromatic carbocycles. The maximum Gasteiger partial charge on any atom is 0.328 e. The first-order valence-corrected chi connectivity index (χ1v) is 7.96. The Hall–Kier alpha value is -2.20. The van der Waals surface area contributed by atoms with E-state index in [0.717, 1.165) is 11.1 Å². The van der Waals surface area contributed by atoms with Crippen LogP contribution in [-0.4, -0.2) is 24.1 Å². The van der Waals surface area contributed by atoms with Gasteiger partial charge < -0.3 is 10.1 Å². The summed E-state index contributed by atoms with van der Waals surface area (Å²) in [4.78, 5) is 12.6. The average Bonchev–Trinajstić information content (AvgIpc) is 2.56. The molecule has 0 radical (unpaired) electrons. The average molecular weight is 327 g/mol. The minimum Gasteiger partial charge on any atom is -0.467 e. The zero-order chi connectivity index (χ0) is 16.7. The number of hydrogen-bond donors (Lipinski definition) is 1. The van der Waals surface area contributed by atoms with E-state index in [4.69, 9.17) is 17.0 Å². The van der Waals surface area contributed by atoms with E-state index in [-0.39, 0.29) is 5.97 Å². The Bertz CT molecular complexity index is 653. The third kappa shape index (κ3) is 5.49. The molecule has 1 unspecified atom stereocenters. The fourth-order valence-electron chi connectivity index (χ4n) is 2.32. The number of carbonyl (C=O) groups is 1. The number of benzene rings is 2. The second-order valence-corrected chi connectivity index (χ2v) is 5.99. The predicted octanol–water partition coefficient (Wildman–Crippen LogP) is 3.24. The van der Waals surface area contributed by atoms with Crippen LogP contribution in [0.4, 0.5) is 0 Å². The van der Waals surface area contributed by atoms with Crippen molar-refractivity contribution < 1.29 is 9.53 Å². The molecular weight excluding hydrogens is 306 g/mol. The van der Waals surface area contributed by atoms with Crippen LogP contribution in [0.2, 0.25) is 0 Å². The van der Waals surface area contributed by atoms with E-state index in [2.05, 4.69) is 17.4 Å². The minimum atomic E-state index is -0.472. The van der Waals surface area contributed by atoms with Crippen molar-refractivity contribution >= 4 is 23.2 Å². The first-order valence-electron chi connectivity index (χ1n) is 7.55. The lowest BCUT2D eigenvalue weighted by Gasteiger charge is -2.18. The van der Waals surface area contributed by atoms with Gasteiger partial charge in [-0.25, -0.2) is 4.79 Å². The quantitative estimate of drug-likeness (QED) is 0.653. The zero-order valence-electron chi connectivity index (χ0n) is 13.4. The second-order valence-electron chi connectivity index (χ2n) is 5.50. The number of carbonyl (C=O) groups excluding carboxylic acids is 1. The maximum atomic E-state index is 12.0. The van der Waals surface area contributed by atoms with E-state index in [9.17, 15) is 4.79 Å². The van der Waals surface area contributed by atoms with Crippen molar-refractivity contribution in [3.05, 3.63) is 71.3 Å². The van der Waals surface area contributed by atoms with Crippen molar-refractivity contribution in [1.29, 1.82) is 0 Å². The number of ether oxygens (including phenoxy) is 1. The predicted molar refractivity (Wildman–Crippen MR) is 96.6 cm³/mol. The van der Waals surface area contributed by atoms with Crippen LogP contribution < -0.4 is 5.32 Å². The normalized spacial score (nSPS) is 11.6. The number of rotatable bonds is 6. The summed E-state index contributed by atoms with van der Waals surface area (Å²) < 4.78 is 4.89. The summed E-state index contributed by atoms with van der Waals surface area (Å²) in [6, 6.07) is 17.6. The summed E-state index contributed by atoms with van der Waals surface area (Å²) >= 11 is 5.41. The molecule has 2 aromatic rings. The molecule has 3 nitrogen and oxygen atoms in total. The van der Waals surface area contributed by atoms with Gasteiger partial charge in [0.25, 0.3) is 0 Å². The fraction of sp³-hybridized carbons (Fsp3) is 0.263. The van der Waals surface area contributed by atoms with Crippen LogP contribution >= 0.6 is 12.2 Å². The molecule has 0 saturated carbocycles. The molecule has 1 atom stereocenters. The molecule has 23 heavy (non-hydrogen) atoms. The molecule has 0 bridgehead atoms. The standard InChI is InChI=1S/C19H21NO2S/c1-14-8-10-16(11-9-14)13-18(23)20-17(19(21)22-2)12-15-6-4-3-5-7-15/h3-11,17H,12-13H2,1-2H3,(H,20,23). The van der Waals surface area contributed by atoms with Gasteiger partial charge in [0.2, 0.25) is 0 Å². The summed E-state index contributed by atoms with van der Waals surface area (Å²) in [6.07, 6.45) is 1.15. The molecule has 0 amide bonds. The molecule has 0 aliphatic heterocycles. The zero-order valence-corrected chi connectivity index (χ0v) is 14.2. The molecule has 0 aliphatic rings. The van der Waals surface area contributed by atoms with Gasteiger partial charge in [-0.05, 0) is 18.1 Å². The van der Waals surface area contributed by atoms with Crippen LogP contribution in [0.15, 0.2) is 54.6 Å². The maximum absolute atomic E-state index is 12.0. The topological polar surface area (TPSA) is 38.3 Å². The monoisotopic (exact) mass is 327 g/mol. The van der Waals surface area contributed by atoms with E-state index >= 15 is 0 Å². The summed E-state index contributed by atoms with van der Waals surface area (Å²) in [5.74, 6) is -0.305. The van der Waals surface area contributed by atoms with Gasteiger partial charge in [0.05, 0.1) is 12.1 Å². The van der Waals surface area contributed by atoms with Gasteiger partial charge in [-0.3, -0.25) is 0 Å². The molecule has 120 valence electrons. The van der Waals surface area contributed by atoms with E-state index in [1.807, 2.05) is 49.4 Å². The highest BCUT2D eigenvalue weighted by molar-refractivity contribution is 7.80. The molecule has 4 heteroatoms. The smallest absolute Gasteiger partial charge is 0.328 e. The Morgan fingerprint density at radius 2 is 1.74 bits per heavy atom. The van der Waals surface area contributed by atoms with E-state index in [0.29, 0.717) is 17.8 Å². The SMILES string of the molecule is COC(=O)C(Cc1ccccc1)NC(=S)Cc1ccc(C)cc1. The van der Waals surface area contributed by atoms with Gasteiger partial charge in [-0.1, -0.05) is 72.4 Å². The first kappa shape index (κ1) is 17.2. The molecule has 0 saturated heterocycles. The second kappa shape index (κ2) is 8.44. The van der Waals surface area contributed by atoms with Gasteiger partial charge in [0, 0.05) is 12.8 Å². The van der Waals surface area contributed by atoms with Crippen LogP contribution in [0.5, 0.6) is 0 Å². The van der Waals surface area contributed by atoms with Gasteiger partial charge >= 0.3 is 5.97 Å². The highest BCUT2D eigenvalue weighted by Gasteiger charge is 2.20. The molecule has 0 aliphatic carbocycles. The third-order valence-corrected chi connectivity index (χ3v) is 3.85. The van der Waals surface area contributed by atoms with Crippen molar-refractivity contribution in [2.24, 2.45) is 0 Å². The van der Waals surface area contributed by atoms with Crippen LogP contribution in [0.25, 0.3) is 0 Å². The first-order chi connectivity index (χ1) is 11.1. The fourth-order valence-corrected chi connectivity index (χ4v) is 2.63. The molecule has 2 rings (SSSR count). The van der Waals surface area contributed by atoms with Crippen LogP contribution in [0.1, 0.15) is 16.7 Å². The third-order valence-electron chi connectivity index (χ3n) is 3.59. The van der Waals surface area contributed by atoms with Gasteiger partial charge in [-0.2, -0.15) is 0 Å². The van der Waals surface area contributed by atoms with Gasteiger partial charge in [-0.15, -0.1) is 0 Å². The van der Waals surface area contributed by atoms with E-state index in [1.54, 1.807) is 0 Å². The highest BCUT2D eigenvalue weighted by Crippen LogP contribution is 2.07. The lowest BCUT2D eigenvalue weighted by Crippen LogP contribution is -2.43. The van der Waals surface area contributed by atoms with Gasteiger partial charge in [0.15, 0.2) is 0 Å². The van der Waals surface area contributed by atoms with Crippen molar-refractivity contribution in [2.75, 3.05) is 7.11 Å². The molecular formula is C19H21NO2S. The number of esters is 1. The van der Waals surface area contributed by atoms with Gasteiger partial charge in [0.1, 0.15) is 6.04 Å². The van der Waals surface area contributed by atoms with Crippen molar-refractivity contribution in [2.45, 2.75) is 25.8 Å². The number of nitrogens with one attached hydrogen (secondary N) is 1. The van der Waals surface area contributed by atoms with E-state index < -0.39 is 6.04 Å². The Morgan fingerprint density at radius 1 is 1.09 bits per heavy atom. The van der Waals surface area contributed by atoms with E-state index in [1.165, 1.54) is 12.7 Å². The molecule has 0 spiro atoms. The Kier molecular flexibility index (Phi) is 6.29. The lowest BCUT2D eigenvalue weighted by atomic mass is 10.1. The Balaban J connectivity index is 2.00. The molecule has 1 N–H and O–H groups in total. The van der Waals surface area contributed by atoms with Crippen molar-refractivity contribution in [3.8, 4) is 0 Å². The summed E-state index contributed by atoms with van der Waals surface area (Å²) in [5.41, 5.74) is 3.40. The molecule has 0 heterocycles. The van der Waals surface area contributed by atoms with Crippen LogP contribution in [-0.2, 0) is 22.4 Å². The minimum absolute atomic E-state index is 0.305. The number of hydrogen-bond acceptors (Lipinski definition) is 3. The number of methoxy groups -OCH3 is 1. The van der Waals surface area contributed by atoms with Crippen LogP contribution in [0.3, 0.4) is 0 Å². The Labute approximate surface area is 142 Å².